The number of rotatable bonds is 30. The Hall–Kier alpha value is -0.330. The van der Waals surface area contributed by atoms with Gasteiger partial charge >= 0.3 is 0 Å². The van der Waals surface area contributed by atoms with Crippen molar-refractivity contribution in [1.29, 1.82) is 0 Å². The molecule has 1 heteroatoms. The van der Waals surface area contributed by atoms with Gasteiger partial charge in [0.1, 0.15) is 6.29 Å². The summed E-state index contributed by atoms with van der Waals surface area (Å²) >= 11 is 0. The molecule has 1 atom stereocenters. The highest BCUT2D eigenvalue weighted by molar-refractivity contribution is 5.52. The molecule has 34 heavy (non-hydrogen) atoms. The van der Waals surface area contributed by atoms with Gasteiger partial charge in [0.25, 0.3) is 0 Å². The van der Waals surface area contributed by atoms with E-state index < -0.39 is 0 Å². The molecule has 0 aliphatic heterocycles. The van der Waals surface area contributed by atoms with Crippen LogP contribution in [0.2, 0.25) is 0 Å². The molecule has 204 valence electrons. The smallest absolute Gasteiger partial charge is 0.122 e. The number of hydrogen-bond donors (Lipinski definition) is 0. The lowest BCUT2D eigenvalue weighted by Gasteiger charge is -2.05. The first-order valence-electron chi connectivity index (χ1n) is 16.3. The number of carbonyl (C=O) groups is 1. The largest absolute Gasteiger partial charge is 0.303 e. The maximum absolute atomic E-state index is 10.6. The van der Waals surface area contributed by atoms with Crippen LogP contribution in [0.25, 0.3) is 0 Å². The molecule has 0 aliphatic rings. The number of carbonyl (C=O) groups excluding carboxylic acids is 1. The van der Waals surface area contributed by atoms with Crippen molar-refractivity contribution in [3.8, 4) is 0 Å². The van der Waals surface area contributed by atoms with Crippen molar-refractivity contribution >= 4 is 6.29 Å². The Morgan fingerprint density at radius 2 is 0.588 bits per heavy atom. The molecule has 0 saturated heterocycles. The predicted octanol–water partition coefficient (Wildman–Crippen LogP) is 12.2. The molecule has 0 rings (SSSR count). The van der Waals surface area contributed by atoms with Crippen LogP contribution in [0, 0.1) is 5.92 Å². The van der Waals surface area contributed by atoms with Crippen LogP contribution >= 0.6 is 0 Å². The molecule has 0 heterocycles. The van der Waals surface area contributed by atoms with Crippen LogP contribution in [0.1, 0.15) is 200 Å². The van der Waals surface area contributed by atoms with Gasteiger partial charge in [-0.15, -0.1) is 0 Å². The van der Waals surface area contributed by atoms with Gasteiger partial charge < -0.3 is 4.79 Å². The summed E-state index contributed by atoms with van der Waals surface area (Å²) in [5.41, 5.74) is 0. The van der Waals surface area contributed by atoms with Gasteiger partial charge in [-0.2, -0.15) is 0 Å². The quantitative estimate of drug-likeness (QED) is 0.0740. The Balaban J connectivity index is 3.02. The molecule has 0 radical (unpaired) electrons. The van der Waals surface area contributed by atoms with Crippen molar-refractivity contribution in [2.75, 3.05) is 0 Å². The van der Waals surface area contributed by atoms with E-state index in [0.29, 0.717) is 0 Å². The van der Waals surface area contributed by atoms with E-state index in [9.17, 15) is 4.79 Å². The standard InChI is InChI=1S/C33H66O/c1-3-4-5-6-7-8-9-10-11-12-13-14-15-16-17-18-19-20-21-22-23-24-25-26-27-28-29-30-31-33(2)32-34/h32-33H,3-31H2,1-2H3. The molecule has 0 aliphatic carbocycles. The summed E-state index contributed by atoms with van der Waals surface area (Å²) in [5, 5.41) is 0. The van der Waals surface area contributed by atoms with Gasteiger partial charge in [0.05, 0.1) is 0 Å². The zero-order valence-corrected chi connectivity index (χ0v) is 24.1. The third kappa shape index (κ3) is 29.7. The average Bonchev–Trinajstić information content (AvgIpc) is 2.85. The highest BCUT2D eigenvalue weighted by Gasteiger charge is 1.99. The molecular formula is C33H66O. The van der Waals surface area contributed by atoms with Crippen LogP contribution in [0.15, 0.2) is 0 Å². The van der Waals surface area contributed by atoms with E-state index in [4.69, 9.17) is 0 Å². The molecule has 0 saturated carbocycles. The van der Waals surface area contributed by atoms with Crippen LogP contribution in [-0.2, 0) is 4.79 Å². The Bertz CT molecular complexity index is 364. The highest BCUT2D eigenvalue weighted by Crippen LogP contribution is 2.16. The van der Waals surface area contributed by atoms with E-state index in [1.54, 1.807) is 0 Å². The fourth-order valence-electron chi connectivity index (χ4n) is 5.20. The van der Waals surface area contributed by atoms with E-state index in [1.807, 2.05) is 6.92 Å². The molecule has 0 aromatic rings. The molecule has 1 unspecified atom stereocenters. The molecule has 0 bridgehead atoms. The lowest BCUT2D eigenvalue weighted by Crippen LogP contribution is -1.94. The Morgan fingerprint density at radius 3 is 0.794 bits per heavy atom. The number of aldehydes is 1. The van der Waals surface area contributed by atoms with Crippen LogP contribution in [-0.4, -0.2) is 6.29 Å². The molecule has 0 fully saturated rings. The second-order valence-electron chi connectivity index (χ2n) is 11.4. The summed E-state index contributed by atoms with van der Waals surface area (Å²) in [6.45, 7) is 4.34. The minimum atomic E-state index is 0.268. The minimum absolute atomic E-state index is 0.268. The summed E-state index contributed by atoms with van der Waals surface area (Å²) in [6.07, 6.45) is 42.6. The molecular weight excluding hydrogens is 412 g/mol. The molecule has 0 aromatic heterocycles. The molecule has 0 amide bonds. The van der Waals surface area contributed by atoms with Gasteiger partial charge in [-0.3, -0.25) is 0 Å². The summed E-state index contributed by atoms with van der Waals surface area (Å²) in [6, 6.07) is 0. The molecule has 0 spiro atoms. The maximum atomic E-state index is 10.6. The van der Waals surface area contributed by atoms with Crippen molar-refractivity contribution in [3.05, 3.63) is 0 Å². The highest BCUT2D eigenvalue weighted by atomic mass is 16.1. The van der Waals surface area contributed by atoms with Gasteiger partial charge in [-0.25, -0.2) is 0 Å². The Labute approximate surface area is 217 Å². The van der Waals surface area contributed by atoms with Crippen LogP contribution in [0.5, 0.6) is 0 Å². The second-order valence-corrected chi connectivity index (χ2v) is 11.4. The van der Waals surface area contributed by atoms with Crippen molar-refractivity contribution in [2.45, 2.75) is 200 Å². The van der Waals surface area contributed by atoms with E-state index >= 15 is 0 Å². The van der Waals surface area contributed by atoms with Gasteiger partial charge in [0, 0.05) is 5.92 Å². The Kier molecular flexibility index (Phi) is 30.4. The zero-order chi connectivity index (χ0) is 24.8. The molecule has 0 N–H and O–H groups in total. The first-order valence-corrected chi connectivity index (χ1v) is 16.3. The molecule has 0 aromatic carbocycles. The maximum Gasteiger partial charge on any atom is 0.122 e. The normalized spacial score (nSPS) is 12.3. The average molecular weight is 479 g/mol. The van der Waals surface area contributed by atoms with Crippen molar-refractivity contribution in [3.63, 3.8) is 0 Å². The van der Waals surface area contributed by atoms with E-state index in [0.717, 1.165) is 12.7 Å². The SMILES string of the molecule is CCCCCCCCCCCCCCCCCCCCCCCCCCCCCCC(C)C=O. The van der Waals surface area contributed by atoms with E-state index in [1.165, 1.54) is 180 Å². The summed E-state index contributed by atoms with van der Waals surface area (Å²) < 4.78 is 0. The fourth-order valence-corrected chi connectivity index (χ4v) is 5.20. The van der Waals surface area contributed by atoms with Gasteiger partial charge in [-0.1, -0.05) is 194 Å². The van der Waals surface area contributed by atoms with Gasteiger partial charge in [0.2, 0.25) is 0 Å². The lowest BCUT2D eigenvalue weighted by atomic mass is 10.0. The lowest BCUT2D eigenvalue weighted by molar-refractivity contribution is -0.110. The first kappa shape index (κ1) is 33.7. The van der Waals surface area contributed by atoms with Gasteiger partial charge in [-0.05, 0) is 6.42 Å². The first-order chi connectivity index (χ1) is 16.8. The zero-order valence-electron chi connectivity index (χ0n) is 24.1. The van der Waals surface area contributed by atoms with Crippen LogP contribution in [0.4, 0.5) is 0 Å². The predicted molar refractivity (Wildman–Crippen MR) is 155 cm³/mol. The Morgan fingerprint density at radius 1 is 0.382 bits per heavy atom. The third-order valence-electron chi connectivity index (χ3n) is 7.75. The second kappa shape index (κ2) is 30.7. The van der Waals surface area contributed by atoms with E-state index in [-0.39, 0.29) is 5.92 Å². The van der Waals surface area contributed by atoms with Crippen LogP contribution < -0.4 is 0 Å². The van der Waals surface area contributed by atoms with Gasteiger partial charge in [0.15, 0.2) is 0 Å². The minimum Gasteiger partial charge on any atom is -0.303 e. The topological polar surface area (TPSA) is 17.1 Å². The summed E-state index contributed by atoms with van der Waals surface area (Å²) in [4.78, 5) is 10.6. The summed E-state index contributed by atoms with van der Waals surface area (Å²) in [5.74, 6) is 0.268. The third-order valence-corrected chi connectivity index (χ3v) is 7.75. The van der Waals surface area contributed by atoms with E-state index in [2.05, 4.69) is 6.92 Å². The van der Waals surface area contributed by atoms with Crippen LogP contribution in [0.3, 0.4) is 0 Å². The van der Waals surface area contributed by atoms with Crippen molar-refractivity contribution in [2.24, 2.45) is 5.92 Å². The monoisotopic (exact) mass is 479 g/mol. The number of hydrogen-bond acceptors (Lipinski definition) is 1. The number of unbranched alkanes of at least 4 members (excludes halogenated alkanes) is 27. The van der Waals surface area contributed by atoms with Crippen molar-refractivity contribution < 1.29 is 4.79 Å². The molecule has 1 nitrogen and oxygen atoms in total. The fraction of sp³-hybridized carbons (Fsp3) is 0.970. The van der Waals surface area contributed by atoms with Crippen molar-refractivity contribution in [1.82, 2.24) is 0 Å². The summed E-state index contributed by atoms with van der Waals surface area (Å²) in [7, 11) is 0.